The van der Waals surface area contributed by atoms with Crippen molar-refractivity contribution in [2.24, 2.45) is 10.8 Å². The lowest BCUT2D eigenvalue weighted by Crippen LogP contribution is -2.68. The van der Waals surface area contributed by atoms with Gasteiger partial charge in [0.1, 0.15) is 12.1 Å². The SMILES string of the molecule is CCOC(=O)C1(C(=O)OCC)[C@@H](C(=O)c2ccccc2)N(C)[C@H](C(=O)c2ccccc2)C1(C(=O)OCC)C(=O)OCC. The van der Waals surface area contributed by atoms with Gasteiger partial charge in [-0.05, 0) is 34.7 Å². The predicted molar refractivity (Wildman–Crippen MR) is 148 cm³/mol. The minimum absolute atomic E-state index is 0.0433. The second kappa shape index (κ2) is 13.5. The second-order valence-electron chi connectivity index (χ2n) is 9.43. The van der Waals surface area contributed by atoms with Crippen molar-refractivity contribution in [3.8, 4) is 0 Å². The lowest BCUT2D eigenvalue weighted by atomic mass is 9.57. The Morgan fingerprint density at radius 1 is 0.548 bits per heavy atom. The molecule has 0 unspecified atom stereocenters. The molecule has 0 amide bonds. The number of likely N-dealkylation sites (tertiary alicyclic amines) is 1. The topological polar surface area (TPSA) is 143 Å². The van der Waals surface area contributed by atoms with Gasteiger partial charge in [-0.25, -0.2) is 0 Å². The number of ether oxygens (including phenoxy) is 4. The van der Waals surface area contributed by atoms with E-state index in [9.17, 15) is 28.8 Å². The fourth-order valence-electron chi connectivity index (χ4n) is 5.71. The molecular weight excluding hydrogens is 546 g/mol. The van der Waals surface area contributed by atoms with Crippen LogP contribution in [0.4, 0.5) is 0 Å². The van der Waals surface area contributed by atoms with E-state index in [1.807, 2.05) is 0 Å². The summed E-state index contributed by atoms with van der Waals surface area (Å²) < 4.78 is 21.4. The Hall–Kier alpha value is -4.38. The van der Waals surface area contributed by atoms with Crippen molar-refractivity contribution in [2.45, 2.75) is 39.8 Å². The van der Waals surface area contributed by atoms with E-state index in [1.165, 1.54) is 59.0 Å². The van der Waals surface area contributed by atoms with Gasteiger partial charge >= 0.3 is 23.9 Å². The molecular formula is C31H35NO10. The first-order chi connectivity index (χ1) is 20.1. The van der Waals surface area contributed by atoms with E-state index in [0.717, 1.165) is 4.90 Å². The zero-order valence-electron chi connectivity index (χ0n) is 24.3. The molecule has 1 aliphatic rings. The molecule has 224 valence electrons. The van der Waals surface area contributed by atoms with Crippen LogP contribution in [0.5, 0.6) is 0 Å². The highest BCUT2D eigenvalue weighted by Gasteiger charge is 2.86. The average molecular weight is 582 g/mol. The summed E-state index contributed by atoms with van der Waals surface area (Å²) >= 11 is 0. The van der Waals surface area contributed by atoms with Crippen molar-refractivity contribution in [3.63, 3.8) is 0 Å². The van der Waals surface area contributed by atoms with Gasteiger partial charge < -0.3 is 18.9 Å². The Morgan fingerprint density at radius 2 is 0.810 bits per heavy atom. The monoisotopic (exact) mass is 581 g/mol. The van der Waals surface area contributed by atoms with Crippen molar-refractivity contribution in [2.75, 3.05) is 33.5 Å². The molecule has 0 aliphatic carbocycles. The lowest BCUT2D eigenvalue weighted by molar-refractivity contribution is -0.200. The molecule has 0 bridgehead atoms. The number of nitrogens with zero attached hydrogens (tertiary/aromatic N) is 1. The summed E-state index contributed by atoms with van der Waals surface area (Å²) in [7, 11) is 1.28. The van der Waals surface area contributed by atoms with Gasteiger partial charge in [0.25, 0.3) is 0 Å². The van der Waals surface area contributed by atoms with Gasteiger partial charge in [-0.2, -0.15) is 0 Å². The third kappa shape index (κ3) is 4.98. The van der Waals surface area contributed by atoms with Gasteiger partial charge in [-0.3, -0.25) is 33.7 Å². The maximum absolute atomic E-state index is 14.4. The van der Waals surface area contributed by atoms with Crippen LogP contribution in [0.2, 0.25) is 0 Å². The van der Waals surface area contributed by atoms with Gasteiger partial charge in [0.15, 0.2) is 11.6 Å². The molecule has 11 nitrogen and oxygen atoms in total. The largest absolute Gasteiger partial charge is 0.465 e. The third-order valence-corrected chi connectivity index (χ3v) is 7.26. The Labute approximate surface area is 244 Å². The smallest absolute Gasteiger partial charge is 0.327 e. The number of Topliss-reactive ketones (excluding diaryl/α,β-unsaturated/α-hetero) is 2. The van der Waals surface area contributed by atoms with Crippen LogP contribution in [-0.2, 0) is 38.1 Å². The first kappa shape index (κ1) is 32.1. The molecule has 2 aromatic rings. The third-order valence-electron chi connectivity index (χ3n) is 7.26. The molecule has 0 spiro atoms. The summed E-state index contributed by atoms with van der Waals surface area (Å²) in [5, 5.41) is 0. The molecule has 0 radical (unpaired) electrons. The molecule has 0 saturated carbocycles. The first-order valence-electron chi connectivity index (χ1n) is 13.7. The Kier molecular flexibility index (Phi) is 10.3. The molecule has 1 heterocycles. The van der Waals surface area contributed by atoms with Crippen molar-refractivity contribution in [1.29, 1.82) is 0 Å². The Bertz CT molecular complexity index is 1190. The zero-order valence-corrected chi connectivity index (χ0v) is 24.3. The first-order valence-corrected chi connectivity index (χ1v) is 13.7. The van der Waals surface area contributed by atoms with Crippen molar-refractivity contribution in [1.82, 2.24) is 4.90 Å². The number of hydrogen-bond donors (Lipinski definition) is 0. The predicted octanol–water partition coefficient (Wildman–Crippen LogP) is 2.66. The second-order valence-corrected chi connectivity index (χ2v) is 9.43. The fraction of sp³-hybridized carbons (Fsp3) is 0.419. The summed E-state index contributed by atoms with van der Waals surface area (Å²) in [6, 6.07) is 11.5. The average Bonchev–Trinajstić information content (AvgIpc) is 3.24. The van der Waals surface area contributed by atoms with E-state index >= 15 is 0 Å². The Morgan fingerprint density at radius 3 is 1.05 bits per heavy atom. The summed E-state index contributed by atoms with van der Waals surface area (Å²) in [5.74, 6) is -7.30. The molecule has 1 aliphatic heterocycles. The zero-order chi connectivity index (χ0) is 31.1. The van der Waals surface area contributed by atoms with Crippen molar-refractivity contribution >= 4 is 35.4 Å². The van der Waals surface area contributed by atoms with Gasteiger partial charge in [-0.1, -0.05) is 60.7 Å². The summed E-state index contributed by atoms with van der Waals surface area (Å²) in [6.45, 7) is 4.62. The molecule has 2 aromatic carbocycles. The lowest BCUT2D eigenvalue weighted by Gasteiger charge is -2.40. The quantitative estimate of drug-likeness (QED) is 0.158. The van der Waals surface area contributed by atoms with Crippen LogP contribution >= 0.6 is 0 Å². The maximum Gasteiger partial charge on any atom is 0.327 e. The van der Waals surface area contributed by atoms with Gasteiger partial charge in [0, 0.05) is 11.1 Å². The minimum Gasteiger partial charge on any atom is -0.465 e. The van der Waals surface area contributed by atoms with Gasteiger partial charge in [0.05, 0.1) is 26.4 Å². The fourth-order valence-corrected chi connectivity index (χ4v) is 5.71. The van der Waals surface area contributed by atoms with Crippen LogP contribution in [0.3, 0.4) is 0 Å². The van der Waals surface area contributed by atoms with E-state index in [2.05, 4.69) is 0 Å². The molecule has 11 heteroatoms. The number of ketones is 2. The number of hydrogen-bond acceptors (Lipinski definition) is 11. The van der Waals surface area contributed by atoms with Crippen LogP contribution in [0.25, 0.3) is 0 Å². The molecule has 1 fully saturated rings. The van der Waals surface area contributed by atoms with Crippen LogP contribution in [0.15, 0.2) is 60.7 Å². The Balaban J connectivity index is 2.61. The van der Waals surface area contributed by atoms with Crippen LogP contribution in [0, 0.1) is 10.8 Å². The summed E-state index contributed by atoms with van der Waals surface area (Å²) in [6.07, 6.45) is 0. The number of carbonyl (C=O) groups excluding carboxylic acids is 6. The summed E-state index contributed by atoms with van der Waals surface area (Å²) in [4.78, 5) is 87.0. The van der Waals surface area contributed by atoms with Gasteiger partial charge in [-0.15, -0.1) is 0 Å². The van der Waals surface area contributed by atoms with E-state index in [0.29, 0.717) is 0 Å². The van der Waals surface area contributed by atoms with E-state index in [1.54, 1.807) is 36.4 Å². The highest BCUT2D eigenvalue weighted by Crippen LogP contribution is 2.58. The molecule has 2 atom stereocenters. The van der Waals surface area contributed by atoms with E-state index in [4.69, 9.17) is 18.9 Å². The highest BCUT2D eigenvalue weighted by molar-refractivity contribution is 6.24. The molecule has 0 aromatic heterocycles. The highest BCUT2D eigenvalue weighted by atomic mass is 16.6. The minimum atomic E-state index is -3.05. The number of rotatable bonds is 12. The van der Waals surface area contributed by atoms with Gasteiger partial charge in [0.2, 0.25) is 10.8 Å². The molecule has 3 rings (SSSR count). The van der Waals surface area contributed by atoms with E-state index < -0.39 is 58.4 Å². The molecule has 1 saturated heterocycles. The summed E-state index contributed by atoms with van der Waals surface area (Å²) in [5.41, 5.74) is -6.01. The maximum atomic E-state index is 14.4. The number of esters is 4. The van der Waals surface area contributed by atoms with Crippen LogP contribution < -0.4 is 0 Å². The van der Waals surface area contributed by atoms with Crippen molar-refractivity contribution < 1.29 is 47.7 Å². The molecule has 42 heavy (non-hydrogen) atoms. The van der Waals surface area contributed by atoms with E-state index in [-0.39, 0.29) is 37.6 Å². The van der Waals surface area contributed by atoms with Crippen LogP contribution in [0.1, 0.15) is 48.4 Å². The standard InChI is InChI=1S/C31H35NO10/c1-6-39-26(35)30(27(36)40-7-2)24(22(33)20-16-12-10-13-17-20)32(5)25(23(34)21-18-14-11-15-19-21)31(30,28(37)41-8-3)29(38)42-9-4/h10-19,24-25H,6-9H2,1-5H3/t24-,25-/m1/s1. The number of likely N-dealkylation sites (N-methyl/N-ethyl adjacent to an activating group) is 1. The number of benzene rings is 2. The van der Waals surface area contributed by atoms with Crippen LogP contribution in [-0.4, -0.2) is 85.9 Å². The number of carbonyl (C=O) groups is 6. The van der Waals surface area contributed by atoms with Crippen molar-refractivity contribution in [3.05, 3.63) is 71.8 Å². The normalized spacial score (nSPS) is 18.9. The molecule has 0 N–H and O–H groups in total.